The molecule has 7 N–H and O–H groups in total. The van der Waals surface area contributed by atoms with Gasteiger partial charge in [0.2, 0.25) is 0 Å². The van der Waals surface area contributed by atoms with E-state index in [-0.39, 0.29) is 12.2 Å². The zero-order valence-corrected chi connectivity index (χ0v) is 19.4. The van der Waals surface area contributed by atoms with Gasteiger partial charge in [0.15, 0.2) is 18.0 Å². The number of aromatic nitrogens is 2. The van der Waals surface area contributed by atoms with Gasteiger partial charge in [-0.1, -0.05) is 19.8 Å². The molecule has 1 saturated carbocycles. The molecule has 0 radical (unpaired) electrons. The quantitative estimate of drug-likeness (QED) is 0.215. The molecule has 7 atom stereocenters. The molecule has 2 heterocycles. The smallest absolute Gasteiger partial charge is 0.383 e. The van der Waals surface area contributed by atoms with Crippen LogP contribution in [0.5, 0.6) is 0 Å². The Balaban J connectivity index is 1.86. The number of unbranched alkanes of at least 4 members (excludes halogenated alkanes) is 1. The molecule has 0 amide bonds. The van der Waals surface area contributed by atoms with Crippen molar-refractivity contribution in [2.45, 2.75) is 55.9 Å². The van der Waals surface area contributed by atoms with Crippen LogP contribution in [0, 0.1) is 0 Å². The summed E-state index contributed by atoms with van der Waals surface area (Å²) in [5.74, 6) is -0.153. The Morgan fingerprint density at radius 2 is 1.88 bits per heavy atom. The summed E-state index contributed by atoms with van der Waals surface area (Å²) < 4.78 is 67.9. The van der Waals surface area contributed by atoms with E-state index >= 15 is 4.39 Å². The maximum Gasteiger partial charge on any atom is 0.490 e. The molecule has 3 rings (SSSR count). The van der Waals surface area contributed by atoms with Crippen molar-refractivity contribution >= 4 is 29.3 Å². The normalized spacial score (nSPS) is 34.9. The molecular formula is C13H21FN3O13P3. The first-order chi connectivity index (χ1) is 15.0. The van der Waals surface area contributed by atoms with Gasteiger partial charge in [0.25, 0.3) is 0 Å². The summed E-state index contributed by atoms with van der Waals surface area (Å²) in [6.07, 6.45) is -4.30. The van der Waals surface area contributed by atoms with Crippen LogP contribution in [-0.2, 0) is 31.6 Å². The third-order valence-corrected chi connectivity index (χ3v) is 8.91. The van der Waals surface area contributed by atoms with Crippen LogP contribution in [0.1, 0.15) is 32.4 Å². The van der Waals surface area contributed by atoms with Gasteiger partial charge in [-0.05, 0) is 12.5 Å². The van der Waals surface area contributed by atoms with Crippen LogP contribution < -0.4 is 11.4 Å². The number of phosphoric ester groups is 1. The number of nitrogen functional groups attached to an aromatic ring is 1. The Bertz CT molecular complexity index is 1130. The first-order valence-corrected chi connectivity index (χ1v) is 13.7. The summed E-state index contributed by atoms with van der Waals surface area (Å²) in [6.45, 7) is 1.74. The fraction of sp³-hybridized carbons (Fsp3) is 0.692. The molecule has 1 aromatic heterocycles. The zero-order chi connectivity index (χ0) is 25.0. The van der Waals surface area contributed by atoms with Crippen molar-refractivity contribution in [2.75, 3.05) is 5.73 Å². The SMILES string of the molecule is CCCC[C@]12O[C@@H](n3ccc(N)nc3=O)[C@H](F)[C@@]1(O)C2OP(=O)(O)OP(=O)(O)OP(=O)(O)O. The lowest BCUT2D eigenvalue weighted by atomic mass is 10.1. The van der Waals surface area contributed by atoms with Crippen LogP contribution in [0.3, 0.4) is 0 Å². The van der Waals surface area contributed by atoms with E-state index in [1.165, 1.54) is 6.07 Å². The number of ether oxygens (including phenoxy) is 1. The molecule has 188 valence electrons. The van der Waals surface area contributed by atoms with Crippen molar-refractivity contribution in [3.8, 4) is 0 Å². The van der Waals surface area contributed by atoms with Gasteiger partial charge >= 0.3 is 29.2 Å². The molecule has 2 aliphatic rings. The number of nitrogens with zero attached hydrogens (tertiary/aromatic N) is 2. The van der Waals surface area contributed by atoms with Crippen molar-refractivity contribution in [1.82, 2.24) is 9.55 Å². The number of nitrogens with two attached hydrogens (primary N) is 1. The molecule has 0 spiro atoms. The lowest BCUT2D eigenvalue weighted by molar-refractivity contribution is -0.0942. The van der Waals surface area contributed by atoms with Gasteiger partial charge < -0.3 is 35.2 Å². The van der Waals surface area contributed by atoms with E-state index < -0.39 is 58.9 Å². The number of hydrogen-bond acceptors (Lipinski definition) is 11. The van der Waals surface area contributed by atoms with E-state index in [0.717, 1.165) is 6.20 Å². The third kappa shape index (κ3) is 5.01. The highest BCUT2D eigenvalue weighted by Gasteiger charge is 2.89. The summed E-state index contributed by atoms with van der Waals surface area (Å²) in [5.41, 5.74) is -0.178. The van der Waals surface area contributed by atoms with Crippen molar-refractivity contribution < 1.29 is 60.6 Å². The maximum absolute atomic E-state index is 15.3. The summed E-state index contributed by atoms with van der Waals surface area (Å²) in [4.78, 5) is 51.7. The van der Waals surface area contributed by atoms with E-state index in [2.05, 4.69) is 18.1 Å². The van der Waals surface area contributed by atoms with E-state index in [1.807, 2.05) is 0 Å². The number of anilines is 1. The first kappa shape index (κ1) is 26.5. The van der Waals surface area contributed by atoms with Gasteiger partial charge in [-0.3, -0.25) is 9.09 Å². The van der Waals surface area contributed by atoms with Crippen LogP contribution in [0.25, 0.3) is 0 Å². The fourth-order valence-electron chi connectivity index (χ4n) is 3.75. The molecule has 16 nitrogen and oxygen atoms in total. The van der Waals surface area contributed by atoms with Gasteiger partial charge in [-0.2, -0.15) is 13.6 Å². The Kier molecular flexibility index (Phi) is 6.88. The largest absolute Gasteiger partial charge is 0.490 e. The molecule has 1 aromatic rings. The summed E-state index contributed by atoms with van der Waals surface area (Å²) >= 11 is 0. The van der Waals surface area contributed by atoms with Crippen molar-refractivity contribution in [3.05, 3.63) is 22.7 Å². The molecule has 3 unspecified atom stereocenters. The second-order valence-electron chi connectivity index (χ2n) is 7.35. The van der Waals surface area contributed by atoms with Crippen LogP contribution in [0.4, 0.5) is 10.2 Å². The second-order valence-corrected chi connectivity index (χ2v) is 11.7. The number of phosphoric acid groups is 3. The highest BCUT2D eigenvalue weighted by molar-refractivity contribution is 7.66. The lowest BCUT2D eigenvalue weighted by Gasteiger charge is -2.25. The number of aliphatic hydroxyl groups is 1. The number of fused-ring (bicyclic) bond motifs is 1. The molecule has 20 heteroatoms. The highest BCUT2D eigenvalue weighted by Crippen LogP contribution is 2.73. The zero-order valence-electron chi connectivity index (χ0n) is 16.7. The minimum absolute atomic E-state index is 0.130. The summed E-state index contributed by atoms with van der Waals surface area (Å²) in [7, 11) is -17.1. The number of alkyl halides is 1. The van der Waals surface area contributed by atoms with E-state index in [0.29, 0.717) is 17.4 Å². The average Bonchev–Trinajstić information content (AvgIpc) is 3.00. The molecule has 0 bridgehead atoms. The van der Waals surface area contributed by atoms with Crippen LogP contribution in [-0.4, -0.2) is 57.7 Å². The molecule has 1 aliphatic heterocycles. The molecule has 1 saturated heterocycles. The molecular weight excluding hydrogens is 518 g/mol. The topological polar surface area (TPSA) is 250 Å². The van der Waals surface area contributed by atoms with Gasteiger partial charge in [-0.25, -0.2) is 22.9 Å². The monoisotopic (exact) mass is 539 g/mol. The average molecular weight is 539 g/mol. The molecule has 1 aliphatic carbocycles. The van der Waals surface area contributed by atoms with E-state index in [1.54, 1.807) is 6.92 Å². The van der Waals surface area contributed by atoms with E-state index in [9.17, 15) is 33.4 Å². The molecule has 33 heavy (non-hydrogen) atoms. The Morgan fingerprint density at radius 1 is 1.24 bits per heavy atom. The van der Waals surface area contributed by atoms with Crippen LogP contribution in [0.15, 0.2) is 17.1 Å². The van der Waals surface area contributed by atoms with Gasteiger partial charge in [0, 0.05) is 6.20 Å². The Morgan fingerprint density at radius 3 is 2.42 bits per heavy atom. The standard InChI is InChI=1S/C13H21FN3O13P3/c1-2-3-5-12-10(28-32(23,24)30-33(25,26)29-31(20,21)22)13(12,19)8(14)9(27-12)17-6-4-7(15)16-11(17)18/h4,6,8-10,19H,2-3,5H2,1H3,(H,23,24)(H,25,26)(H2,15,16,18)(H2,20,21,22)/t8-,9+,10?,12+,13+/m0/s1. The first-order valence-electron chi connectivity index (χ1n) is 9.19. The molecule has 0 aromatic carbocycles. The molecule has 2 fully saturated rings. The lowest BCUT2D eigenvalue weighted by Crippen LogP contribution is -2.38. The predicted octanol–water partition coefficient (Wildman–Crippen LogP) is 0.0780. The van der Waals surface area contributed by atoms with Crippen molar-refractivity contribution in [3.63, 3.8) is 0 Å². The van der Waals surface area contributed by atoms with Gasteiger partial charge in [0.05, 0.1) is 0 Å². The Labute approximate surface area is 184 Å². The van der Waals surface area contributed by atoms with E-state index in [4.69, 9.17) is 20.3 Å². The van der Waals surface area contributed by atoms with Crippen molar-refractivity contribution in [1.29, 1.82) is 0 Å². The van der Waals surface area contributed by atoms with Crippen LogP contribution in [0.2, 0.25) is 0 Å². The van der Waals surface area contributed by atoms with Gasteiger partial charge in [0.1, 0.15) is 17.5 Å². The maximum atomic E-state index is 15.3. The second kappa shape index (κ2) is 8.55. The fourth-order valence-corrected chi connectivity index (χ4v) is 7.01. The number of halogens is 1. The minimum Gasteiger partial charge on any atom is -0.383 e. The summed E-state index contributed by atoms with van der Waals surface area (Å²) in [5, 5.41) is 10.9. The number of hydrogen-bond donors (Lipinski definition) is 6. The van der Waals surface area contributed by atoms with Gasteiger partial charge in [-0.15, -0.1) is 0 Å². The third-order valence-electron chi connectivity index (χ3n) is 5.10. The number of rotatable bonds is 10. The summed E-state index contributed by atoms with van der Waals surface area (Å²) in [6, 6.07) is 1.17. The predicted molar refractivity (Wildman–Crippen MR) is 104 cm³/mol. The van der Waals surface area contributed by atoms with Crippen molar-refractivity contribution in [2.24, 2.45) is 0 Å². The Hall–Kier alpha value is -1.06. The highest BCUT2D eigenvalue weighted by atomic mass is 31.3. The van der Waals surface area contributed by atoms with Crippen LogP contribution >= 0.6 is 23.5 Å². The minimum atomic E-state index is -5.83.